The van der Waals surface area contributed by atoms with Crippen molar-refractivity contribution in [3.8, 4) is 0 Å². The summed E-state index contributed by atoms with van der Waals surface area (Å²) in [5, 5.41) is 3.39. The molecule has 1 heterocycles. The molecule has 0 bridgehead atoms. The van der Waals surface area contributed by atoms with Crippen molar-refractivity contribution in [3.05, 3.63) is 0 Å². The Morgan fingerprint density at radius 2 is 1.94 bits per heavy atom. The Bertz CT molecular complexity index is 286. The van der Waals surface area contributed by atoms with Gasteiger partial charge in [0.1, 0.15) is 5.54 Å². The first kappa shape index (κ1) is 14.1. The second-order valence-corrected chi connectivity index (χ2v) is 5.64. The van der Waals surface area contributed by atoms with Crippen LogP contribution in [0.2, 0.25) is 0 Å². The molecule has 2 atom stereocenters. The lowest BCUT2D eigenvalue weighted by Crippen LogP contribution is -2.63. The van der Waals surface area contributed by atoms with Crippen LogP contribution in [0.15, 0.2) is 0 Å². The third-order valence-corrected chi connectivity index (χ3v) is 4.41. The van der Waals surface area contributed by atoms with Crippen molar-refractivity contribution >= 4 is 0 Å². The summed E-state index contributed by atoms with van der Waals surface area (Å²) in [7, 11) is 0. The Hall–Kier alpha value is -0.290. The number of rotatable bonds is 4. The lowest BCUT2D eigenvalue weighted by atomic mass is 9.99. The molecule has 2 fully saturated rings. The summed E-state index contributed by atoms with van der Waals surface area (Å²) in [5.41, 5.74) is -1.50. The van der Waals surface area contributed by atoms with Crippen molar-refractivity contribution in [3.63, 3.8) is 0 Å². The van der Waals surface area contributed by atoms with Crippen molar-refractivity contribution in [2.75, 3.05) is 13.1 Å². The first-order valence-electron chi connectivity index (χ1n) is 7.01. The largest absolute Gasteiger partial charge is 0.406 e. The summed E-state index contributed by atoms with van der Waals surface area (Å²) in [4.78, 5) is 1.75. The number of piperazine rings is 1. The van der Waals surface area contributed by atoms with Crippen molar-refractivity contribution < 1.29 is 13.2 Å². The first-order chi connectivity index (χ1) is 8.44. The minimum atomic E-state index is -4.07. The van der Waals surface area contributed by atoms with Crippen LogP contribution in [-0.4, -0.2) is 41.8 Å². The topological polar surface area (TPSA) is 15.3 Å². The zero-order valence-electron chi connectivity index (χ0n) is 11.2. The maximum atomic E-state index is 13.2. The fourth-order valence-corrected chi connectivity index (χ4v) is 3.15. The molecule has 2 aliphatic rings. The van der Waals surface area contributed by atoms with Crippen LogP contribution >= 0.6 is 0 Å². The van der Waals surface area contributed by atoms with Crippen molar-refractivity contribution in [2.45, 2.75) is 69.8 Å². The molecule has 0 amide bonds. The van der Waals surface area contributed by atoms with Crippen LogP contribution in [0.3, 0.4) is 0 Å². The number of halogens is 3. The molecule has 1 aliphatic carbocycles. The van der Waals surface area contributed by atoms with E-state index in [1.807, 2.05) is 6.92 Å². The highest BCUT2D eigenvalue weighted by molar-refractivity contribution is 5.12. The summed E-state index contributed by atoms with van der Waals surface area (Å²) in [6.45, 7) is 5.30. The molecule has 1 saturated carbocycles. The Labute approximate surface area is 107 Å². The normalized spacial score (nSPS) is 32.5. The molecule has 1 saturated heterocycles. The molecular weight excluding hydrogens is 241 g/mol. The van der Waals surface area contributed by atoms with E-state index in [4.69, 9.17) is 0 Å². The third kappa shape index (κ3) is 2.39. The zero-order chi connectivity index (χ0) is 13.4. The van der Waals surface area contributed by atoms with Gasteiger partial charge in [0.15, 0.2) is 0 Å². The zero-order valence-corrected chi connectivity index (χ0v) is 11.2. The number of alkyl halides is 3. The molecule has 0 spiro atoms. The van der Waals surface area contributed by atoms with E-state index in [1.165, 1.54) is 0 Å². The first-order valence-corrected chi connectivity index (χ1v) is 7.01. The predicted octanol–water partition coefficient (Wildman–Crippen LogP) is 2.93. The highest BCUT2D eigenvalue weighted by Crippen LogP contribution is 2.54. The minimum absolute atomic E-state index is 0.0298. The predicted molar refractivity (Wildman–Crippen MR) is 65.5 cm³/mol. The molecule has 5 heteroatoms. The van der Waals surface area contributed by atoms with E-state index in [0.29, 0.717) is 13.1 Å². The van der Waals surface area contributed by atoms with Crippen LogP contribution in [0.5, 0.6) is 0 Å². The molecule has 2 nitrogen and oxygen atoms in total. The van der Waals surface area contributed by atoms with Gasteiger partial charge in [0.2, 0.25) is 0 Å². The fraction of sp³-hybridized carbons (Fsp3) is 1.00. The molecule has 106 valence electrons. The highest BCUT2D eigenvalue weighted by atomic mass is 19.4. The smallest absolute Gasteiger partial charge is 0.311 e. The Kier molecular flexibility index (Phi) is 3.93. The molecule has 0 aromatic rings. The number of hydrogen-bond acceptors (Lipinski definition) is 2. The van der Waals surface area contributed by atoms with Gasteiger partial charge in [0, 0.05) is 25.2 Å². The van der Waals surface area contributed by atoms with E-state index < -0.39 is 11.7 Å². The summed E-state index contributed by atoms with van der Waals surface area (Å²) < 4.78 is 39.7. The highest BCUT2D eigenvalue weighted by Gasteiger charge is 2.67. The number of nitrogens with one attached hydrogen (secondary N) is 1. The number of hydrogen-bond donors (Lipinski definition) is 1. The van der Waals surface area contributed by atoms with Crippen LogP contribution in [0.25, 0.3) is 0 Å². The average Bonchev–Trinajstić information content (AvgIpc) is 3.09. The van der Waals surface area contributed by atoms with E-state index in [9.17, 15) is 13.2 Å². The van der Waals surface area contributed by atoms with Crippen molar-refractivity contribution in [1.29, 1.82) is 0 Å². The molecule has 0 aromatic heterocycles. The monoisotopic (exact) mass is 264 g/mol. The van der Waals surface area contributed by atoms with Gasteiger partial charge in [-0.05, 0) is 25.7 Å². The van der Waals surface area contributed by atoms with Crippen molar-refractivity contribution in [1.82, 2.24) is 10.2 Å². The molecule has 1 N–H and O–H groups in total. The van der Waals surface area contributed by atoms with Gasteiger partial charge in [-0.1, -0.05) is 20.3 Å². The van der Waals surface area contributed by atoms with Gasteiger partial charge >= 0.3 is 6.18 Å². The van der Waals surface area contributed by atoms with Gasteiger partial charge in [0.05, 0.1) is 0 Å². The van der Waals surface area contributed by atoms with Crippen LogP contribution < -0.4 is 5.32 Å². The van der Waals surface area contributed by atoms with Crippen LogP contribution in [0.4, 0.5) is 13.2 Å². The minimum Gasteiger partial charge on any atom is -0.311 e. The lowest BCUT2D eigenvalue weighted by molar-refractivity contribution is -0.206. The van der Waals surface area contributed by atoms with Crippen LogP contribution in [0, 0.1) is 0 Å². The molecule has 2 unspecified atom stereocenters. The summed E-state index contributed by atoms with van der Waals surface area (Å²) in [6, 6.07) is 0.250. The molecule has 2 rings (SSSR count). The van der Waals surface area contributed by atoms with E-state index in [0.717, 1.165) is 19.3 Å². The second-order valence-electron chi connectivity index (χ2n) is 5.64. The Morgan fingerprint density at radius 1 is 1.28 bits per heavy atom. The Balaban J connectivity index is 2.12. The van der Waals surface area contributed by atoms with E-state index in [1.54, 1.807) is 4.90 Å². The Morgan fingerprint density at radius 3 is 2.39 bits per heavy atom. The maximum absolute atomic E-state index is 13.2. The summed E-state index contributed by atoms with van der Waals surface area (Å²) in [6.07, 6.45) is -0.752. The average molecular weight is 264 g/mol. The van der Waals surface area contributed by atoms with E-state index in [-0.39, 0.29) is 24.9 Å². The maximum Gasteiger partial charge on any atom is 0.406 e. The second kappa shape index (κ2) is 5.00. The lowest BCUT2D eigenvalue weighted by Gasteiger charge is -2.45. The van der Waals surface area contributed by atoms with Gasteiger partial charge in [0.25, 0.3) is 0 Å². The fourth-order valence-electron chi connectivity index (χ4n) is 3.15. The third-order valence-electron chi connectivity index (χ3n) is 4.41. The molecule has 0 aromatic carbocycles. The van der Waals surface area contributed by atoms with Crippen LogP contribution in [0.1, 0.15) is 46.0 Å². The molecule has 1 aliphatic heterocycles. The van der Waals surface area contributed by atoms with Gasteiger partial charge in [-0.3, -0.25) is 4.90 Å². The summed E-state index contributed by atoms with van der Waals surface area (Å²) >= 11 is 0. The van der Waals surface area contributed by atoms with Crippen molar-refractivity contribution in [2.24, 2.45) is 0 Å². The molecule has 0 radical (unpaired) electrons. The van der Waals surface area contributed by atoms with Gasteiger partial charge in [-0.2, -0.15) is 13.2 Å². The summed E-state index contributed by atoms with van der Waals surface area (Å²) in [5.74, 6) is 0. The van der Waals surface area contributed by atoms with E-state index in [2.05, 4.69) is 12.2 Å². The van der Waals surface area contributed by atoms with Gasteiger partial charge < -0.3 is 5.32 Å². The van der Waals surface area contributed by atoms with Crippen LogP contribution in [-0.2, 0) is 0 Å². The standard InChI is InChI=1S/C13H23F3N2/c1-3-5-10-9-18(11(4-2)8-17-10)12(6-7-12)13(14,15)16/h10-11,17H,3-9H2,1-2H3. The molecular formula is C13H23F3N2. The SMILES string of the molecule is CCCC1CN(C2(C(F)(F)F)CC2)C(CC)CN1. The quantitative estimate of drug-likeness (QED) is 0.840. The van der Waals surface area contributed by atoms with Gasteiger partial charge in [-0.15, -0.1) is 0 Å². The van der Waals surface area contributed by atoms with Gasteiger partial charge in [-0.25, -0.2) is 0 Å². The van der Waals surface area contributed by atoms with E-state index >= 15 is 0 Å². The molecule has 18 heavy (non-hydrogen) atoms. The number of nitrogens with zero attached hydrogens (tertiary/aromatic N) is 1.